The highest BCUT2D eigenvalue weighted by Crippen LogP contribution is 2.18. The quantitative estimate of drug-likeness (QED) is 0.742. The molecule has 20 heavy (non-hydrogen) atoms. The molecule has 114 valence electrons. The molecule has 8 heteroatoms. The van der Waals surface area contributed by atoms with Gasteiger partial charge in [0.25, 0.3) is 10.2 Å². The van der Waals surface area contributed by atoms with Crippen molar-refractivity contribution in [3.63, 3.8) is 0 Å². The Hall–Kier alpha value is -0.960. The fraction of sp³-hybridized carbons (Fsp3) is 0.750. The van der Waals surface area contributed by atoms with Gasteiger partial charge in [0, 0.05) is 45.9 Å². The first-order chi connectivity index (χ1) is 9.51. The number of rotatable bonds is 6. The first kappa shape index (κ1) is 15.4. The topological polar surface area (TPSA) is 87.5 Å². The molecule has 0 radical (unpaired) electrons. The van der Waals surface area contributed by atoms with Gasteiger partial charge in [-0.15, -0.1) is 0 Å². The maximum atomic E-state index is 12.1. The normalized spacial score (nSPS) is 18.5. The van der Waals surface area contributed by atoms with Crippen molar-refractivity contribution in [1.82, 2.24) is 18.8 Å². The van der Waals surface area contributed by atoms with Crippen molar-refractivity contribution in [3.8, 4) is 0 Å². The molecular weight excluding hydrogens is 280 g/mol. The summed E-state index contributed by atoms with van der Waals surface area (Å²) in [6.45, 7) is 1.44. The van der Waals surface area contributed by atoms with E-state index in [9.17, 15) is 8.42 Å². The SMILES string of the molecule is Cn1ccc(CCNS(=O)(=O)N2CCC(CO)CC2)n1. The molecule has 0 atom stereocenters. The zero-order valence-corrected chi connectivity index (χ0v) is 12.5. The lowest BCUT2D eigenvalue weighted by Gasteiger charge is -2.30. The summed E-state index contributed by atoms with van der Waals surface area (Å²) in [6.07, 6.45) is 3.85. The number of nitrogens with zero attached hydrogens (tertiary/aromatic N) is 3. The molecular formula is C12H22N4O3S. The van der Waals surface area contributed by atoms with Crippen LogP contribution in [0.1, 0.15) is 18.5 Å². The number of aliphatic hydroxyl groups is 1. The van der Waals surface area contributed by atoms with Gasteiger partial charge in [-0.05, 0) is 24.8 Å². The second kappa shape index (κ2) is 6.66. The molecule has 1 saturated heterocycles. The van der Waals surface area contributed by atoms with Crippen LogP contribution in [0.2, 0.25) is 0 Å². The molecule has 2 N–H and O–H groups in total. The van der Waals surface area contributed by atoms with Crippen LogP contribution in [0.4, 0.5) is 0 Å². The van der Waals surface area contributed by atoms with Crippen molar-refractivity contribution < 1.29 is 13.5 Å². The molecule has 0 bridgehead atoms. The Morgan fingerprint density at radius 3 is 2.70 bits per heavy atom. The fourth-order valence-corrected chi connectivity index (χ4v) is 3.56. The third-order valence-corrected chi connectivity index (χ3v) is 5.22. The van der Waals surface area contributed by atoms with E-state index in [0.29, 0.717) is 26.1 Å². The monoisotopic (exact) mass is 302 g/mol. The summed E-state index contributed by atoms with van der Waals surface area (Å²) in [5.74, 6) is 0.231. The molecule has 0 amide bonds. The first-order valence-electron chi connectivity index (χ1n) is 6.85. The molecule has 0 aromatic carbocycles. The van der Waals surface area contributed by atoms with Crippen molar-refractivity contribution in [2.24, 2.45) is 13.0 Å². The van der Waals surface area contributed by atoms with Gasteiger partial charge in [-0.2, -0.15) is 17.8 Å². The number of nitrogens with one attached hydrogen (secondary N) is 1. The highest BCUT2D eigenvalue weighted by Gasteiger charge is 2.27. The summed E-state index contributed by atoms with van der Waals surface area (Å²) in [5, 5.41) is 13.3. The van der Waals surface area contributed by atoms with Gasteiger partial charge in [-0.3, -0.25) is 4.68 Å². The number of aryl methyl sites for hydroxylation is 1. The van der Waals surface area contributed by atoms with Crippen molar-refractivity contribution in [2.75, 3.05) is 26.2 Å². The predicted octanol–water partition coefficient (Wildman–Crippen LogP) is -0.499. The zero-order chi connectivity index (χ0) is 14.6. The smallest absolute Gasteiger partial charge is 0.279 e. The Balaban J connectivity index is 1.79. The third kappa shape index (κ3) is 4.02. The Labute approximate surface area is 119 Å². The highest BCUT2D eigenvalue weighted by molar-refractivity contribution is 7.87. The number of hydrogen-bond acceptors (Lipinski definition) is 4. The van der Waals surface area contributed by atoms with E-state index in [0.717, 1.165) is 18.5 Å². The molecule has 2 heterocycles. The van der Waals surface area contributed by atoms with Crippen LogP contribution in [0.25, 0.3) is 0 Å². The summed E-state index contributed by atoms with van der Waals surface area (Å²) >= 11 is 0. The van der Waals surface area contributed by atoms with Crippen LogP contribution < -0.4 is 4.72 Å². The minimum absolute atomic E-state index is 0.140. The molecule has 1 aromatic heterocycles. The summed E-state index contributed by atoms with van der Waals surface area (Å²) in [6, 6.07) is 1.88. The van der Waals surface area contributed by atoms with Gasteiger partial charge >= 0.3 is 0 Å². The van der Waals surface area contributed by atoms with Crippen LogP contribution in [0.15, 0.2) is 12.3 Å². The molecule has 2 rings (SSSR count). The lowest BCUT2D eigenvalue weighted by Crippen LogP contribution is -2.45. The van der Waals surface area contributed by atoms with E-state index in [2.05, 4.69) is 9.82 Å². The van der Waals surface area contributed by atoms with Gasteiger partial charge in [-0.25, -0.2) is 4.72 Å². The molecule has 1 aliphatic rings. The summed E-state index contributed by atoms with van der Waals surface area (Å²) < 4.78 is 30.0. The minimum atomic E-state index is -3.41. The lowest BCUT2D eigenvalue weighted by molar-refractivity contribution is 0.169. The Morgan fingerprint density at radius 1 is 1.45 bits per heavy atom. The summed E-state index contributed by atoms with van der Waals surface area (Å²) in [4.78, 5) is 0. The molecule has 1 aromatic rings. The number of hydrogen-bond donors (Lipinski definition) is 2. The van der Waals surface area contributed by atoms with Gasteiger partial charge in [0.1, 0.15) is 0 Å². The van der Waals surface area contributed by atoms with Crippen LogP contribution in [0.5, 0.6) is 0 Å². The Bertz CT molecular complexity index is 521. The lowest BCUT2D eigenvalue weighted by atomic mass is 10.00. The second-order valence-corrected chi connectivity index (χ2v) is 6.91. The molecule has 0 saturated carbocycles. The third-order valence-electron chi connectivity index (χ3n) is 3.61. The maximum absolute atomic E-state index is 12.1. The van der Waals surface area contributed by atoms with E-state index < -0.39 is 10.2 Å². The average molecular weight is 302 g/mol. The van der Waals surface area contributed by atoms with Crippen molar-refractivity contribution >= 4 is 10.2 Å². The average Bonchev–Trinajstić information content (AvgIpc) is 2.84. The van der Waals surface area contributed by atoms with Crippen LogP contribution in [0, 0.1) is 5.92 Å². The van der Waals surface area contributed by atoms with Gasteiger partial charge in [0.05, 0.1) is 5.69 Å². The van der Waals surface area contributed by atoms with Crippen LogP contribution >= 0.6 is 0 Å². The summed E-state index contributed by atoms with van der Waals surface area (Å²) in [7, 11) is -1.58. The van der Waals surface area contributed by atoms with Crippen LogP contribution in [0.3, 0.4) is 0 Å². The van der Waals surface area contributed by atoms with Gasteiger partial charge < -0.3 is 5.11 Å². The van der Waals surface area contributed by atoms with E-state index >= 15 is 0 Å². The van der Waals surface area contributed by atoms with Gasteiger partial charge in [0.2, 0.25) is 0 Å². The zero-order valence-electron chi connectivity index (χ0n) is 11.7. The molecule has 1 fully saturated rings. The van der Waals surface area contributed by atoms with Crippen molar-refractivity contribution in [2.45, 2.75) is 19.3 Å². The largest absolute Gasteiger partial charge is 0.396 e. The van der Waals surface area contributed by atoms with E-state index in [-0.39, 0.29) is 12.5 Å². The molecule has 0 aliphatic carbocycles. The number of piperidine rings is 1. The first-order valence-corrected chi connectivity index (χ1v) is 8.29. The molecule has 0 unspecified atom stereocenters. The van der Waals surface area contributed by atoms with Crippen LogP contribution in [-0.4, -0.2) is 53.9 Å². The number of aliphatic hydroxyl groups excluding tert-OH is 1. The van der Waals surface area contributed by atoms with Gasteiger partial charge in [-0.1, -0.05) is 0 Å². The second-order valence-electron chi connectivity index (χ2n) is 5.16. The van der Waals surface area contributed by atoms with Crippen molar-refractivity contribution in [1.29, 1.82) is 0 Å². The fourth-order valence-electron chi connectivity index (χ4n) is 2.33. The van der Waals surface area contributed by atoms with E-state index in [1.54, 1.807) is 4.68 Å². The van der Waals surface area contributed by atoms with E-state index in [1.807, 2.05) is 19.3 Å². The van der Waals surface area contributed by atoms with E-state index in [4.69, 9.17) is 5.11 Å². The van der Waals surface area contributed by atoms with E-state index in [1.165, 1.54) is 4.31 Å². The minimum Gasteiger partial charge on any atom is -0.396 e. The predicted molar refractivity (Wildman–Crippen MR) is 75.2 cm³/mol. The highest BCUT2D eigenvalue weighted by atomic mass is 32.2. The standard InChI is InChI=1S/C12H22N4O3S/c1-15-7-5-12(14-15)2-6-13-20(18,19)16-8-3-11(10-17)4-9-16/h5,7,11,13,17H,2-4,6,8-10H2,1H3. The maximum Gasteiger partial charge on any atom is 0.279 e. The molecule has 1 aliphatic heterocycles. The molecule has 7 nitrogen and oxygen atoms in total. The Morgan fingerprint density at radius 2 is 2.15 bits per heavy atom. The number of aromatic nitrogens is 2. The van der Waals surface area contributed by atoms with Gasteiger partial charge in [0.15, 0.2) is 0 Å². The van der Waals surface area contributed by atoms with Crippen molar-refractivity contribution in [3.05, 3.63) is 18.0 Å². The molecule has 0 spiro atoms. The van der Waals surface area contributed by atoms with Crippen LogP contribution in [-0.2, 0) is 23.7 Å². The summed E-state index contributed by atoms with van der Waals surface area (Å²) in [5.41, 5.74) is 0.870. The Kier molecular flexibility index (Phi) is 5.14.